The van der Waals surface area contributed by atoms with E-state index < -0.39 is 5.82 Å². The largest absolute Gasteiger partial charge is 0.392 e. The van der Waals surface area contributed by atoms with Gasteiger partial charge in [-0.15, -0.1) is 0 Å². The van der Waals surface area contributed by atoms with E-state index in [1.165, 1.54) is 6.07 Å². The van der Waals surface area contributed by atoms with Crippen LogP contribution in [0, 0.1) is 5.82 Å². The van der Waals surface area contributed by atoms with Crippen LogP contribution in [0.25, 0.3) is 0 Å². The Morgan fingerprint density at radius 3 is 2.94 bits per heavy atom. The number of aliphatic hydroxyl groups is 1. The van der Waals surface area contributed by atoms with Crippen molar-refractivity contribution in [2.24, 2.45) is 0 Å². The molecule has 1 aromatic heterocycles. The van der Waals surface area contributed by atoms with Crippen molar-refractivity contribution in [3.8, 4) is 0 Å². The SMILES string of the molecule is OCc1cnn(Cc2cccc(F)c2Cl)c1. The van der Waals surface area contributed by atoms with E-state index in [1.54, 1.807) is 29.2 Å². The average Bonchev–Trinajstić information content (AvgIpc) is 2.73. The molecule has 0 saturated heterocycles. The van der Waals surface area contributed by atoms with E-state index in [4.69, 9.17) is 16.7 Å². The van der Waals surface area contributed by atoms with Crippen molar-refractivity contribution >= 4 is 11.6 Å². The molecule has 0 fully saturated rings. The van der Waals surface area contributed by atoms with Gasteiger partial charge in [0.15, 0.2) is 0 Å². The zero-order valence-corrected chi connectivity index (χ0v) is 9.15. The average molecular weight is 241 g/mol. The third-order valence-electron chi connectivity index (χ3n) is 2.23. The lowest BCUT2D eigenvalue weighted by molar-refractivity contribution is 0.281. The number of benzene rings is 1. The topological polar surface area (TPSA) is 38.1 Å². The maximum Gasteiger partial charge on any atom is 0.142 e. The van der Waals surface area contributed by atoms with Gasteiger partial charge in [0.2, 0.25) is 0 Å². The van der Waals surface area contributed by atoms with Crippen LogP contribution in [0.15, 0.2) is 30.6 Å². The molecule has 2 rings (SSSR count). The second-order valence-corrected chi connectivity index (χ2v) is 3.80. The Labute approximate surface area is 97.1 Å². The molecule has 16 heavy (non-hydrogen) atoms. The molecule has 0 amide bonds. The van der Waals surface area contributed by atoms with Gasteiger partial charge in [0.1, 0.15) is 5.82 Å². The number of aromatic nitrogens is 2. The third kappa shape index (κ3) is 2.23. The number of halogens is 2. The van der Waals surface area contributed by atoms with Crippen LogP contribution >= 0.6 is 11.6 Å². The van der Waals surface area contributed by atoms with Gasteiger partial charge in [-0.2, -0.15) is 5.10 Å². The van der Waals surface area contributed by atoms with E-state index >= 15 is 0 Å². The molecule has 0 aliphatic rings. The van der Waals surface area contributed by atoms with Crippen LogP contribution < -0.4 is 0 Å². The van der Waals surface area contributed by atoms with Gasteiger partial charge in [-0.05, 0) is 11.6 Å². The zero-order chi connectivity index (χ0) is 11.5. The molecule has 3 nitrogen and oxygen atoms in total. The quantitative estimate of drug-likeness (QED) is 0.893. The minimum Gasteiger partial charge on any atom is -0.392 e. The van der Waals surface area contributed by atoms with E-state index in [0.29, 0.717) is 17.7 Å². The Balaban J connectivity index is 2.23. The molecule has 1 heterocycles. The molecule has 0 aliphatic heterocycles. The summed E-state index contributed by atoms with van der Waals surface area (Å²) in [6.07, 6.45) is 3.26. The fourth-order valence-corrected chi connectivity index (χ4v) is 1.61. The standard InChI is InChI=1S/C11H10ClFN2O/c12-11-9(2-1-3-10(11)13)6-15-5-8(7-16)4-14-15/h1-5,16H,6-7H2. The molecule has 0 unspecified atom stereocenters. The van der Waals surface area contributed by atoms with Gasteiger partial charge in [0.25, 0.3) is 0 Å². The molecule has 84 valence electrons. The highest BCUT2D eigenvalue weighted by molar-refractivity contribution is 6.31. The summed E-state index contributed by atoms with van der Waals surface area (Å²) >= 11 is 5.82. The lowest BCUT2D eigenvalue weighted by Gasteiger charge is -2.04. The number of nitrogens with zero attached hydrogens (tertiary/aromatic N) is 2. The maximum atomic E-state index is 13.2. The zero-order valence-electron chi connectivity index (χ0n) is 8.40. The summed E-state index contributed by atoms with van der Waals surface area (Å²) in [5.74, 6) is -0.436. The van der Waals surface area contributed by atoms with Crippen LogP contribution in [-0.4, -0.2) is 14.9 Å². The van der Waals surface area contributed by atoms with Crippen molar-refractivity contribution < 1.29 is 9.50 Å². The smallest absolute Gasteiger partial charge is 0.142 e. The third-order valence-corrected chi connectivity index (χ3v) is 2.66. The van der Waals surface area contributed by atoms with Crippen LogP contribution in [0.4, 0.5) is 4.39 Å². The Morgan fingerprint density at radius 2 is 2.25 bits per heavy atom. The Hall–Kier alpha value is -1.39. The molecule has 1 aromatic carbocycles. The molecule has 0 atom stereocenters. The summed E-state index contributed by atoms with van der Waals surface area (Å²) in [5.41, 5.74) is 1.38. The summed E-state index contributed by atoms with van der Waals surface area (Å²) in [4.78, 5) is 0. The first-order chi connectivity index (χ1) is 7.70. The highest BCUT2D eigenvalue weighted by atomic mass is 35.5. The van der Waals surface area contributed by atoms with Crippen LogP contribution in [0.2, 0.25) is 5.02 Å². The van der Waals surface area contributed by atoms with Crippen LogP contribution in [0.5, 0.6) is 0 Å². The minimum atomic E-state index is -0.436. The Bertz CT molecular complexity index is 498. The van der Waals surface area contributed by atoms with E-state index in [2.05, 4.69) is 5.10 Å². The summed E-state index contributed by atoms with van der Waals surface area (Å²) in [7, 11) is 0. The first-order valence-electron chi connectivity index (χ1n) is 4.76. The molecule has 1 N–H and O–H groups in total. The van der Waals surface area contributed by atoms with E-state index in [1.807, 2.05) is 0 Å². The van der Waals surface area contributed by atoms with Crippen molar-refractivity contribution in [1.82, 2.24) is 9.78 Å². The number of hydrogen-bond acceptors (Lipinski definition) is 2. The molecule has 0 saturated carbocycles. The van der Waals surface area contributed by atoms with Gasteiger partial charge in [-0.25, -0.2) is 4.39 Å². The van der Waals surface area contributed by atoms with Crippen molar-refractivity contribution in [3.63, 3.8) is 0 Å². The van der Waals surface area contributed by atoms with Gasteiger partial charge in [0.05, 0.1) is 24.4 Å². The van der Waals surface area contributed by atoms with Gasteiger partial charge < -0.3 is 5.11 Å². The maximum absolute atomic E-state index is 13.2. The molecule has 5 heteroatoms. The van der Waals surface area contributed by atoms with E-state index in [0.717, 1.165) is 0 Å². The van der Waals surface area contributed by atoms with Crippen LogP contribution in [0.3, 0.4) is 0 Å². The van der Waals surface area contributed by atoms with Crippen molar-refractivity contribution in [2.45, 2.75) is 13.2 Å². The lowest BCUT2D eigenvalue weighted by atomic mass is 10.2. The molecule has 0 spiro atoms. The number of aliphatic hydroxyl groups excluding tert-OH is 1. The van der Waals surface area contributed by atoms with Crippen molar-refractivity contribution in [3.05, 3.63) is 52.6 Å². The first kappa shape index (κ1) is 11.1. The summed E-state index contributed by atoms with van der Waals surface area (Å²) in [6.45, 7) is 0.327. The number of hydrogen-bond donors (Lipinski definition) is 1. The molecule has 0 bridgehead atoms. The summed E-state index contributed by atoms with van der Waals surface area (Å²) < 4.78 is 14.8. The van der Waals surface area contributed by atoms with Crippen molar-refractivity contribution in [1.29, 1.82) is 0 Å². The summed E-state index contributed by atoms with van der Waals surface area (Å²) in [6, 6.07) is 4.66. The molecule has 2 aromatic rings. The number of rotatable bonds is 3. The predicted octanol–water partition coefficient (Wildman–Crippen LogP) is 2.22. The van der Waals surface area contributed by atoms with Gasteiger partial charge in [0, 0.05) is 11.8 Å². The Kier molecular flexibility index (Phi) is 3.22. The predicted molar refractivity (Wildman–Crippen MR) is 58.7 cm³/mol. The fourth-order valence-electron chi connectivity index (χ4n) is 1.42. The van der Waals surface area contributed by atoms with Crippen molar-refractivity contribution in [2.75, 3.05) is 0 Å². The monoisotopic (exact) mass is 240 g/mol. The second kappa shape index (κ2) is 4.63. The first-order valence-corrected chi connectivity index (χ1v) is 5.13. The molecule has 0 aliphatic carbocycles. The second-order valence-electron chi connectivity index (χ2n) is 3.42. The molecular formula is C11H10ClFN2O. The molecule has 0 radical (unpaired) electrons. The summed E-state index contributed by atoms with van der Waals surface area (Å²) in [5, 5.41) is 13.0. The van der Waals surface area contributed by atoms with Gasteiger partial charge in [-0.1, -0.05) is 23.7 Å². The normalized spacial score (nSPS) is 10.7. The van der Waals surface area contributed by atoms with Crippen LogP contribution in [0.1, 0.15) is 11.1 Å². The minimum absolute atomic E-state index is 0.0586. The lowest BCUT2D eigenvalue weighted by Crippen LogP contribution is -2.01. The highest BCUT2D eigenvalue weighted by Crippen LogP contribution is 2.20. The van der Waals surface area contributed by atoms with E-state index in [-0.39, 0.29) is 11.6 Å². The highest BCUT2D eigenvalue weighted by Gasteiger charge is 2.06. The fraction of sp³-hybridized carbons (Fsp3) is 0.182. The van der Waals surface area contributed by atoms with Gasteiger partial charge in [-0.3, -0.25) is 4.68 Å². The Morgan fingerprint density at radius 1 is 1.44 bits per heavy atom. The van der Waals surface area contributed by atoms with Gasteiger partial charge >= 0.3 is 0 Å². The van der Waals surface area contributed by atoms with E-state index in [9.17, 15) is 4.39 Å². The van der Waals surface area contributed by atoms with Crippen LogP contribution in [-0.2, 0) is 13.2 Å². The molecular weight excluding hydrogens is 231 g/mol.